The fourth-order valence-electron chi connectivity index (χ4n) is 1.58. The lowest BCUT2D eigenvalue weighted by atomic mass is 10.2. The smallest absolute Gasteiger partial charge is 0.108 e. The van der Waals surface area contributed by atoms with Gasteiger partial charge in [-0.15, -0.1) is 0 Å². The second-order valence-electron chi connectivity index (χ2n) is 3.59. The SMILES string of the molecule is CC(N)Cc1nc2c([nH]1)CSCC2. The van der Waals surface area contributed by atoms with Crippen LogP contribution in [0.1, 0.15) is 24.1 Å². The molecule has 1 unspecified atom stereocenters. The van der Waals surface area contributed by atoms with Crippen LogP contribution in [0.25, 0.3) is 0 Å². The summed E-state index contributed by atoms with van der Waals surface area (Å²) in [6, 6.07) is 0.195. The zero-order valence-electron chi connectivity index (χ0n) is 7.84. The number of fused-ring (bicyclic) bond motifs is 1. The van der Waals surface area contributed by atoms with Gasteiger partial charge in [0.05, 0.1) is 5.69 Å². The number of aromatic amines is 1. The molecule has 0 saturated carbocycles. The van der Waals surface area contributed by atoms with Crippen LogP contribution in [-0.2, 0) is 18.6 Å². The first-order valence-corrected chi connectivity index (χ1v) is 5.81. The molecular weight excluding hydrogens is 182 g/mol. The van der Waals surface area contributed by atoms with E-state index in [2.05, 4.69) is 9.97 Å². The molecule has 4 heteroatoms. The molecule has 0 amide bonds. The van der Waals surface area contributed by atoms with E-state index in [-0.39, 0.29) is 6.04 Å². The quantitative estimate of drug-likeness (QED) is 0.746. The molecule has 2 heterocycles. The van der Waals surface area contributed by atoms with E-state index in [9.17, 15) is 0 Å². The molecule has 0 aromatic carbocycles. The third-order valence-corrected chi connectivity index (χ3v) is 3.14. The van der Waals surface area contributed by atoms with Gasteiger partial charge in [0.2, 0.25) is 0 Å². The van der Waals surface area contributed by atoms with Gasteiger partial charge in [-0.25, -0.2) is 4.98 Å². The Morgan fingerprint density at radius 1 is 1.69 bits per heavy atom. The molecule has 1 atom stereocenters. The maximum Gasteiger partial charge on any atom is 0.108 e. The van der Waals surface area contributed by atoms with Crippen LogP contribution in [0, 0.1) is 0 Å². The molecule has 13 heavy (non-hydrogen) atoms. The van der Waals surface area contributed by atoms with Crippen LogP contribution >= 0.6 is 11.8 Å². The van der Waals surface area contributed by atoms with E-state index in [1.807, 2.05) is 18.7 Å². The molecule has 0 aliphatic carbocycles. The monoisotopic (exact) mass is 197 g/mol. The largest absolute Gasteiger partial charge is 0.345 e. The van der Waals surface area contributed by atoms with Gasteiger partial charge in [-0.3, -0.25) is 0 Å². The van der Waals surface area contributed by atoms with Crippen LogP contribution in [0.3, 0.4) is 0 Å². The Labute approximate surface area is 82.5 Å². The molecule has 3 nitrogen and oxygen atoms in total. The normalized spacial score (nSPS) is 18.3. The van der Waals surface area contributed by atoms with Gasteiger partial charge in [0.1, 0.15) is 5.82 Å². The van der Waals surface area contributed by atoms with E-state index in [1.54, 1.807) is 0 Å². The lowest BCUT2D eigenvalue weighted by Crippen LogP contribution is -2.18. The molecule has 0 radical (unpaired) electrons. The van der Waals surface area contributed by atoms with Crippen molar-refractivity contribution < 1.29 is 0 Å². The average molecular weight is 197 g/mol. The number of aromatic nitrogens is 2. The summed E-state index contributed by atoms with van der Waals surface area (Å²) in [5.74, 6) is 3.35. The molecule has 1 aliphatic rings. The molecule has 0 saturated heterocycles. The van der Waals surface area contributed by atoms with Crippen molar-refractivity contribution in [2.24, 2.45) is 5.73 Å². The maximum atomic E-state index is 5.72. The Morgan fingerprint density at radius 2 is 2.54 bits per heavy atom. The van der Waals surface area contributed by atoms with E-state index in [0.717, 1.165) is 24.4 Å². The highest BCUT2D eigenvalue weighted by Crippen LogP contribution is 2.22. The van der Waals surface area contributed by atoms with Crippen LogP contribution in [-0.4, -0.2) is 21.8 Å². The number of H-pyrrole nitrogens is 1. The van der Waals surface area contributed by atoms with Crippen molar-refractivity contribution in [1.82, 2.24) is 9.97 Å². The Kier molecular flexibility index (Phi) is 2.60. The third kappa shape index (κ3) is 2.06. The number of rotatable bonds is 2. The van der Waals surface area contributed by atoms with E-state index in [1.165, 1.54) is 17.1 Å². The Balaban J connectivity index is 2.15. The van der Waals surface area contributed by atoms with Crippen molar-refractivity contribution >= 4 is 11.8 Å². The summed E-state index contributed by atoms with van der Waals surface area (Å²) in [5, 5.41) is 0. The molecule has 3 N–H and O–H groups in total. The van der Waals surface area contributed by atoms with E-state index in [0.29, 0.717) is 0 Å². The highest BCUT2D eigenvalue weighted by molar-refractivity contribution is 7.98. The first-order valence-electron chi connectivity index (χ1n) is 4.65. The molecular formula is C9H15N3S. The molecule has 1 aromatic rings. The lowest BCUT2D eigenvalue weighted by molar-refractivity contribution is 0.707. The third-order valence-electron chi connectivity index (χ3n) is 2.16. The van der Waals surface area contributed by atoms with Crippen LogP contribution in [0.4, 0.5) is 0 Å². The minimum absolute atomic E-state index is 0.195. The summed E-state index contributed by atoms with van der Waals surface area (Å²) in [6.07, 6.45) is 1.97. The highest BCUT2D eigenvalue weighted by Gasteiger charge is 2.14. The second-order valence-corrected chi connectivity index (χ2v) is 4.70. The van der Waals surface area contributed by atoms with Crippen LogP contribution in [0.5, 0.6) is 0 Å². The molecule has 2 rings (SSSR count). The molecule has 1 aliphatic heterocycles. The molecule has 0 bridgehead atoms. The van der Waals surface area contributed by atoms with Gasteiger partial charge in [-0.2, -0.15) is 11.8 Å². The number of nitrogens with zero attached hydrogens (tertiary/aromatic N) is 1. The molecule has 1 aromatic heterocycles. The van der Waals surface area contributed by atoms with Crippen LogP contribution < -0.4 is 5.73 Å². The predicted molar refractivity (Wildman–Crippen MR) is 55.8 cm³/mol. The number of hydrogen-bond acceptors (Lipinski definition) is 3. The fourth-order valence-corrected chi connectivity index (χ4v) is 2.50. The fraction of sp³-hybridized carbons (Fsp3) is 0.667. The minimum atomic E-state index is 0.195. The predicted octanol–water partition coefficient (Wildman–Crippen LogP) is 1.09. The van der Waals surface area contributed by atoms with Crippen molar-refractivity contribution in [3.8, 4) is 0 Å². The van der Waals surface area contributed by atoms with Gasteiger partial charge >= 0.3 is 0 Å². The minimum Gasteiger partial charge on any atom is -0.345 e. The zero-order chi connectivity index (χ0) is 9.26. The summed E-state index contributed by atoms with van der Waals surface area (Å²) in [5.41, 5.74) is 8.29. The van der Waals surface area contributed by atoms with Gasteiger partial charge < -0.3 is 10.7 Å². The number of aryl methyl sites for hydroxylation is 1. The van der Waals surface area contributed by atoms with Gasteiger partial charge in [0.15, 0.2) is 0 Å². The lowest BCUT2D eigenvalue weighted by Gasteiger charge is -2.07. The summed E-state index contributed by atoms with van der Waals surface area (Å²) in [4.78, 5) is 7.90. The van der Waals surface area contributed by atoms with Crippen LogP contribution in [0.2, 0.25) is 0 Å². The molecule has 72 valence electrons. The van der Waals surface area contributed by atoms with Gasteiger partial charge in [0.25, 0.3) is 0 Å². The van der Waals surface area contributed by atoms with Crippen molar-refractivity contribution in [2.75, 3.05) is 5.75 Å². The van der Waals surface area contributed by atoms with Crippen molar-refractivity contribution in [1.29, 1.82) is 0 Å². The zero-order valence-corrected chi connectivity index (χ0v) is 8.66. The summed E-state index contributed by atoms with van der Waals surface area (Å²) >= 11 is 1.97. The number of nitrogens with one attached hydrogen (secondary N) is 1. The van der Waals surface area contributed by atoms with E-state index in [4.69, 9.17) is 5.73 Å². The first kappa shape index (κ1) is 9.09. The van der Waals surface area contributed by atoms with Gasteiger partial charge in [-0.1, -0.05) is 0 Å². The summed E-state index contributed by atoms with van der Waals surface area (Å²) in [7, 11) is 0. The first-order chi connectivity index (χ1) is 6.25. The molecule has 0 fully saturated rings. The topological polar surface area (TPSA) is 54.7 Å². The summed E-state index contributed by atoms with van der Waals surface area (Å²) in [6.45, 7) is 2.01. The van der Waals surface area contributed by atoms with Gasteiger partial charge in [-0.05, 0) is 12.7 Å². The highest BCUT2D eigenvalue weighted by atomic mass is 32.2. The second kappa shape index (κ2) is 3.72. The number of thioether (sulfide) groups is 1. The van der Waals surface area contributed by atoms with Crippen molar-refractivity contribution in [2.45, 2.75) is 31.6 Å². The Bertz CT molecular complexity index is 270. The number of hydrogen-bond donors (Lipinski definition) is 2. The van der Waals surface area contributed by atoms with Gasteiger partial charge in [0, 0.05) is 30.3 Å². The molecule has 0 spiro atoms. The Hall–Kier alpha value is -0.480. The summed E-state index contributed by atoms with van der Waals surface area (Å²) < 4.78 is 0. The number of nitrogens with two attached hydrogens (primary N) is 1. The average Bonchev–Trinajstić information content (AvgIpc) is 2.44. The Morgan fingerprint density at radius 3 is 3.23 bits per heavy atom. The standard InChI is InChI=1S/C9H15N3S/c1-6(10)4-9-11-7-2-3-13-5-8(7)12-9/h6H,2-5,10H2,1H3,(H,11,12). The number of imidazole rings is 1. The van der Waals surface area contributed by atoms with Crippen LogP contribution in [0.15, 0.2) is 0 Å². The van der Waals surface area contributed by atoms with Crippen molar-refractivity contribution in [3.05, 3.63) is 17.2 Å². The maximum absolute atomic E-state index is 5.72. The van der Waals surface area contributed by atoms with Crippen molar-refractivity contribution in [3.63, 3.8) is 0 Å². The van der Waals surface area contributed by atoms with E-state index >= 15 is 0 Å². The van der Waals surface area contributed by atoms with E-state index < -0.39 is 0 Å².